The molecule has 0 bridgehead atoms. The summed E-state index contributed by atoms with van der Waals surface area (Å²) in [6, 6.07) is 6.84. The highest BCUT2D eigenvalue weighted by Crippen LogP contribution is 2.11. The number of nitrogens with zero attached hydrogens (tertiary/aromatic N) is 1. The highest BCUT2D eigenvalue weighted by Gasteiger charge is 2.23. The van der Waals surface area contributed by atoms with Gasteiger partial charge in [-0.15, -0.1) is 0 Å². The summed E-state index contributed by atoms with van der Waals surface area (Å²) in [4.78, 5) is 35.5. The van der Waals surface area contributed by atoms with Crippen molar-refractivity contribution >= 4 is 17.7 Å². The van der Waals surface area contributed by atoms with E-state index in [2.05, 4.69) is 5.32 Å². The fourth-order valence-corrected chi connectivity index (χ4v) is 1.79. The maximum absolute atomic E-state index is 11.6. The van der Waals surface area contributed by atoms with Gasteiger partial charge in [-0.05, 0) is 24.6 Å². The zero-order valence-electron chi connectivity index (χ0n) is 10.6. The van der Waals surface area contributed by atoms with E-state index in [1.54, 1.807) is 24.3 Å². The summed E-state index contributed by atoms with van der Waals surface area (Å²) in [6.45, 7) is 2.65. The molecule has 0 saturated carbocycles. The Bertz CT molecular complexity index is 528. The van der Waals surface area contributed by atoms with E-state index >= 15 is 0 Å². The Balaban J connectivity index is 2.05. The molecule has 3 amide bonds. The van der Waals surface area contributed by atoms with Gasteiger partial charge in [-0.25, -0.2) is 0 Å². The molecule has 19 heavy (non-hydrogen) atoms. The minimum Gasteiger partial charge on any atom is -0.352 e. The topological polar surface area (TPSA) is 66.5 Å². The van der Waals surface area contributed by atoms with Crippen LogP contribution in [0.15, 0.2) is 36.4 Å². The Hall–Kier alpha value is -2.43. The third-order valence-electron chi connectivity index (χ3n) is 2.79. The first kappa shape index (κ1) is 13.0. The molecule has 1 aliphatic heterocycles. The van der Waals surface area contributed by atoms with Crippen LogP contribution in [0.1, 0.15) is 22.8 Å². The van der Waals surface area contributed by atoms with Crippen LogP contribution in [0.2, 0.25) is 0 Å². The Morgan fingerprint density at radius 2 is 1.68 bits per heavy atom. The van der Waals surface area contributed by atoms with Crippen molar-refractivity contribution in [2.24, 2.45) is 0 Å². The van der Waals surface area contributed by atoms with Gasteiger partial charge in [0.2, 0.25) is 0 Å². The number of nitrogens with one attached hydrogen (secondary N) is 1. The van der Waals surface area contributed by atoms with E-state index in [4.69, 9.17) is 0 Å². The number of carbonyl (C=O) groups excluding carboxylic acids is 3. The summed E-state index contributed by atoms with van der Waals surface area (Å²) in [7, 11) is 0. The van der Waals surface area contributed by atoms with Crippen LogP contribution in [0.5, 0.6) is 0 Å². The quantitative estimate of drug-likeness (QED) is 0.815. The number of benzene rings is 1. The van der Waals surface area contributed by atoms with Crippen molar-refractivity contribution in [2.45, 2.75) is 13.5 Å². The number of imide groups is 1. The molecule has 5 nitrogen and oxygen atoms in total. The summed E-state index contributed by atoms with van der Waals surface area (Å²) in [6.07, 6.45) is 2.51. The molecule has 1 aromatic rings. The van der Waals surface area contributed by atoms with E-state index in [9.17, 15) is 14.4 Å². The van der Waals surface area contributed by atoms with Crippen molar-refractivity contribution < 1.29 is 14.4 Å². The highest BCUT2D eigenvalue weighted by atomic mass is 16.2. The Kier molecular flexibility index (Phi) is 3.75. The lowest BCUT2D eigenvalue weighted by molar-refractivity contribution is -0.137. The zero-order valence-corrected chi connectivity index (χ0v) is 10.6. The first-order valence-corrected chi connectivity index (χ1v) is 6.02. The monoisotopic (exact) mass is 258 g/mol. The summed E-state index contributed by atoms with van der Waals surface area (Å²) < 4.78 is 0. The summed E-state index contributed by atoms with van der Waals surface area (Å²) in [5.74, 6) is -0.750. The molecule has 0 saturated heterocycles. The lowest BCUT2D eigenvalue weighted by Gasteiger charge is -2.13. The molecular weight excluding hydrogens is 244 g/mol. The first-order chi connectivity index (χ1) is 9.11. The lowest BCUT2D eigenvalue weighted by Crippen LogP contribution is -2.29. The average molecular weight is 258 g/mol. The highest BCUT2D eigenvalue weighted by molar-refractivity contribution is 6.12. The predicted molar refractivity (Wildman–Crippen MR) is 69.1 cm³/mol. The predicted octanol–water partition coefficient (Wildman–Crippen LogP) is 0.861. The molecule has 1 aliphatic rings. The van der Waals surface area contributed by atoms with E-state index in [0.717, 1.165) is 10.5 Å². The number of rotatable bonds is 4. The molecule has 98 valence electrons. The van der Waals surface area contributed by atoms with Crippen molar-refractivity contribution in [1.29, 1.82) is 0 Å². The van der Waals surface area contributed by atoms with Gasteiger partial charge >= 0.3 is 0 Å². The van der Waals surface area contributed by atoms with Crippen LogP contribution < -0.4 is 5.32 Å². The standard InChI is InChI=1S/C14H14N2O3/c1-2-15-14(19)11-5-3-10(4-6-11)9-16-12(17)7-8-13(16)18/h3-8H,2,9H2,1H3,(H,15,19). The lowest BCUT2D eigenvalue weighted by atomic mass is 10.1. The van der Waals surface area contributed by atoms with Gasteiger partial charge in [-0.2, -0.15) is 0 Å². The Morgan fingerprint density at radius 1 is 1.11 bits per heavy atom. The van der Waals surface area contributed by atoms with Gasteiger partial charge in [-0.3, -0.25) is 19.3 Å². The largest absolute Gasteiger partial charge is 0.352 e. The smallest absolute Gasteiger partial charge is 0.253 e. The second kappa shape index (κ2) is 5.48. The fraction of sp³-hybridized carbons (Fsp3) is 0.214. The normalized spacial score (nSPS) is 14.1. The second-order valence-corrected chi connectivity index (χ2v) is 4.15. The molecule has 0 fully saturated rings. The number of carbonyl (C=O) groups is 3. The minimum atomic E-state index is -0.308. The van der Waals surface area contributed by atoms with Gasteiger partial charge in [0.1, 0.15) is 0 Å². The van der Waals surface area contributed by atoms with Gasteiger partial charge < -0.3 is 5.32 Å². The van der Waals surface area contributed by atoms with Crippen molar-refractivity contribution in [3.63, 3.8) is 0 Å². The molecule has 1 heterocycles. The summed E-state index contributed by atoms with van der Waals surface area (Å²) in [5.41, 5.74) is 1.36. The van der Waals surface area contributed by atoms with E-state index in [0.29, 0.717) is 12.1 Å². The van der Waals surface area contributed by atoms with Crippen molar-refractivity contribution in [2.75, 3.05) is 6.54 Å². The molecule has 1 N–H and O–H groups in total. The van der Waals surface area contributed by atoms with E-state index in [1.165, 1.54) is 12.2 Å². The van der Waals surface area contributed by atoms with Gasteiger partial charge in [0.15, 0.2) is 0 Å². The Morgan fingerprint density at radius 3 is 2.21 bits per heavy atom. The maximum atomic E-state index is 11.6. The van der Waals surface area contributed by atoms with E-state index < -0.39 is 0 Å². The summed E-state index contributed by atoms with van der Waals surface area (Å²) in [5, 5.41) is 2.70. The molecule has 0 radical (unpaired) electrons. The van der Waals surface area contributed by atoms with Gasteiger partial charge in [0, 0.05) is 24.3 Å². The molecular formula is C14H14N2O3. The number of amides is 3. The molecule has 0 aliphatic carbocycles. The molecule has 5 heteroatoms. The third-order valence-corrected chi connectivity index (χ3v) is 2.79. The van der Waals surface area contributed by atoms with Gasteiger partial charge in [0.05, 0.1) is 6.54 Å². The van der Waals surface area contributed by atoms with E-state index in [-0.39, 0.29) is 24.3 Å². The van der Waals surface area contributed by atoms with Crippen LogP contribution in [-0.4, -0.2) is 29.2 Å². The fourth-order valence-electron chi connectivity index (χ4n) is 1.79. The molecule has 0 atom stereocenters. The number of hydrogen-bond acceptors (Lipinski definition) is 3. The number of hydrogen-bond donors (Lipinski definition) is 1. The van der Waals surface area contributed by atoms with Crippen molar-refractivity contribution in [3.8, 4) is 0 Å². The third kappa shape index (κ3) is 2.88. The molecule has 0 aromatic heterocycles. The van der Waals surface area contributed by atoms with Crippen LogP contribution in [0, 0.1) is 0 Å². The average Bonchev–Trinajstić information content (AvgIpc) is 2.72. The van der Waals surface area contributed by atoms with Crippen LogP contribution in [-0.2, 0) is 16.1 Å². The summed E-state index contributed by atoms with van der Waals surface area (Å²) >= 11 is 0. The minimum absolute atomic E-state index is 0.135. The van der Waals surface area contributed by atoms with Gasteiger partial charge in [-0.1, -0.05) is 12.1 Å². The molecule has 0 spiro atoms. The SMILES string of the molecule is CCNC(=O)c1ccc(CN2C(=O)C=CC2=O)cc1. The van der Waals surface area contributed by atoms with Crippen molar-refractivity contribution in [3.05, 3.63) is 47.5 Å². The van der Waals surface area contributed by atoms with Crippen LogP contribution in [0.3, 0.4) is 0 Å². The van der Waals surface area contributed by atoms with Crippen molar-refractivity contribution in [1.82, 2.24) is 10.2 Å². The Labute approximate surface area is 110 Å². The van der Waals surface area contributed by atoms with Gasteiger partial charge in [0.25, 0.3) is 17.7 Å². The first-order valence-electron chi connectivity index (χ1n) is 6.02. The van der Waals surface area contributed by atoms with Crippen LogP contribution in [0.25, 0.3) is 0 Å². The second-order valence-electron chi connectivity index (χ2n) is 4.15. The molecule has 0 unspecified atom stereocenters. The van der Waals surface area contributed by atoms with Crippen LogP contribution in [0.4, 0.5) is 0 Å². The zero-order chi connectivity index (χ0) is 13.8. The maximum Gasteiger partial charge on any atom is 0.253 e. The molecule has 1 aromatic carbocycles. The van der Waals surface area contributed by atoms with Crippen LogP contribution >= 0.6 is 0 Å². The molecule has 2 rings (SSSR count). The van der Waals surface area contributed by atoms with E-state index in [1.807, 2.05) is 6.92 Å².